The summed E-state index contributed by atoms with van der Waals surface area (Å²) in [6.45, 7) is 13.1. The van der Waals surface area contributed by atoms with Crippen molar-refractivity contribution >= 4 is 11.0 Å². The van der Waals surface area contributed by atoms with Crippen LogP contribution in [0.25, 0.3) is 33.5 Å². The molecule has 0 spiro atoms. The molecule has 0 saturated carbocycles. The first kappa shape index (κ1) is 33.0. The largest absolute Gasteiger partial charge is 0.507 e. The van der Waals surface area contributed by atoms with Gasteiger partial charge in [0.1, 0.15) is 11.6 Å². The maximum Gasteiger partial charge on any atom is 0.144 e. The molecule has 0 amide bonds. The van der Waals surface area contributed by atoms with E-state index in [1.165, 1.54) is 5.56 Å². The van der Waals surface area contributed by atoms with E-state index < -0.39 is 5.41 Å². The van der Waals surface area contributed by atoms with Gasteiger partial charge >= 0.3 is 0 Å². The van der Waals surface area contributed by atoms with Gasteiger partial charge in [0, 0.05) is 24.4 Å². The maximum absolute atomic E-state index is 11.8. The Morgan fingerprint density at radius 3 is 1.78 bits per heavy atom. The monoisotopic (exact) mass is 655 g/mol. The van der Waals surface area contributed by atoms with Crippen molar-refractivity contribution in [2.45, 2.75) is 57.8 Å². The van der Waals surface area contributed by atoms with Crippen molar-refractivity contribution in [2.24, 2.45) is 7.05 Å². The van der Waals surface area contributed by atoms with E-state index in [0.717, 1.165) is 61.5 Å². The van der Waals surface area contributed by atoms with Crippen molar-refractivity contribution < 1.29 is 5.11 Å². The minimum absolute atomic E-state index is 0.101. The highest BCUT2D eigenvalue weighted by atomic mass is 16.3. The minimum atomic E-state index is -0.661. The average Bonchev–Trinajstić information content (AvgIpc) is 3.45. The van der Waals surface area contributed by atoms with Crippen molar-refractivity contribution in [1.29, 1.82) is 0 Å². The number of imidazole rings is 1. The lowest BCUT2D eigenvalue weighted by molar-refractivity contribution is 0.446. The molecule has 0 aliphatic rings. The molecule has 50 heavy (non-hydrogen) atoms. The van der Waals surface area contributed by atoms with Gasteiger partial charge in [-0.1, -0.05) is 145 Å². The van der Waals surface area contributed by atoms with Crippen molar-refractivity contribution in [2.75, 3.05) is 0 Å². The second kappa shape index (κ2) is 12.4. The number of aromatic nitrogens is 3. The van der Waals surface area contributed by atoms with Crippen LogP contribution in [0.5, 0.6) is 5.75 Å². The van der Waals surface area contributed by atoms with Crippen molar-refractivity contribution in [1.82, 2.24) is 14.5 Å². The third-order valence-corrected chi connectivity index (χ3v) is 10.0. The van der Waals surface area contributed by atoms with Crippen molar-refractivity contribution in [3.63, 3.8) is 0 Å². The van der Waals surface area contributed by atoms with Crippen molar-refractivity contribution in [3.05, 3.63) is 173 Å². The zero-order valence-electron chi connectivity index (χ0n) is 30.1. The van der Waals surface area contributed by atoms with E-state index in [-0.39, 0.29) is 10.8 Å². The summed E-state index contributed by atoms with van der Waals surface area (Å²) in [4.78, 5) is 10.3. The molecular formula is C46H45N3O. The molecule has 5 aromatic carbocycles. The van der Waals surface area contributed by atoms with Crippen LogP contribution in [-0.2, 0) is 23.3 Å². The van der Waals surface area contributed by atoms with Gasteiger partial charge in [0.25, 0.3) is 0 Å². The number of hydrogen-bond acceptors (Lipinski definition) is 3. The summed E-state index contributed by atoms with van der Waals surface area (Å²) in [5.41, 5.74) is 10.2. The Balaban J connectivity index is 1.47. The van der Waals surface area contributed by atoms with Crippen molar-refractivity contribution in [3.8, 4) is 28.3 Å². The first-order valence-corrected chi connectivity index (χ1v) is 17.4. The van der Waals surface area contributed by atoms with Crippen LogP contribution in [0.2, 0.25) is 0 Å². The van der Waals surface area contributed by atoms with Crippen LogP contribution in [0.1, 0.15) is 75.1 Å². The Kier molecular flexibility index (Phi) is 8.22. The Labute approximate surface area is 296 Å². The molecule has 0 atom stereocenters. The molecule has 2 heterocycles. The highest BCUT2D eigenvalue weighted by molar-refractivity contribution is 5.95. The standard InChI is InChI=1S/C46H45N3O/c1-44(2,3)35-29-37(42(50)38(30-35)45(4,5)6)43-48-41-36(24-17-25-39(41)49(43)7)31-18-16-23-34(28-31)46(32-19-10-8-11-20-32,33-21-12-9-13-22-33)40-26-14-15-27-47-40/h8-30,50H,1-7H3. The molecule has 4 nitrogen and oxygen atoms in total. The molecule has 0 bridgehead atoms. The number of nitrogens with zero attached hydrogens (tertiary/aromatic N) is 3. The molecule has 1 N–H and O–H groups in total. The normalized spacial score (nSPS) is 12.4. The zero-order valence-corrected chi connectivity index (χ0v) is 30.1. The topological polar surface area (TPSA) is 50.9 Å². The molecule has 7 rings (SSSR count). The van der Waals surface area contributed by atoms with Crippen LogP contribution in [-0.4, -0.2) is 19.6 Å². The zero-order chi connectivity index (χ0) is 35.3. The fraction of sp³-hybridized carbons (Fsp3) is 0.217. The second-order valence-corrected chi connectivity index (χ2v) is 15.4. The van der Waals surface area contributed by atoms with E-state index in [9.17, 15) is 5.11 Å². The lowest BCUT2D eigenvalue weighted by atomic mass is 9.66. The van der Waals surface area contributed by atoms with Gasteiger partial charge in [0.05, 0.1) is 27.7 Å². The van der Waals surface area contributed by atoms with Gasteiger partial charge in [-0.25, -0.2) is 4.98 Å². The van der Waals surface area contributed by atoms with E-state index in [1.54, 1.807) is 0 Å². The molecule has 0 unspecified atom stereocenters. The van der Waals surface area contributed by atoms with E-state index >= 15 is 0 Å². The number of phenols is 1. The number of benzene rings is 5. The summed E-state index contributed by atoms with van der Waals surface area (Å²) in [5.74, 6) is 1.03. The van der Waals surface area contributed by atoms with Gasteiger partial charge in [-0.3, -0.25) is 4.98 Å². The Bertz CT molecular complexity index is 2190. The Morgan fingerprint density at radius 2 is 1.18 bits per heavy atom. The van der Waals surface area contributed by atoms with Crippen LogP contribution in [0.4, 0.5) is 0 Å². The highest BCUT2D eigenvalue weighted by Crippen LogP contribution is 2.46. The molecular weight excluding hydrogens is 611 g/mol. The molecule has 0 radical (unpaired) electrons. The molecule has 7 aromatic rings. The molecule has 250 valence electrons. The summed E-state index contributed by atoms with van der Waals surface area (Å²) in [5, 5.41) is 11.8. The molecule has 0 saturated heterocycles. The molecule has 4 heteroatoms. The predicted molar refractivity (Wildman–Crippen MR) is 207 cm³/mol. The van der Waals surface area contributed by atoms with E-state index in [2.05, 4.69) is 174 Å². The number of aryl methyl sites for hydroxylation is 1. The summed E-state index contributed by atoms with van der Waals surface area (Å²) in [7, 11) is 2.04. The smallest absolute Gasteiger partial charge is 0.144 e. The number of para-hydroxylation sites is 1. The van der Waals surface area contributed by atoms with Gasteiger partial charge in [-0.15, -0.1) is 0 Å². The molecule has 0 aliphatic carbocycles. The van der Waals surface area contributed by atoms with Gasteiger partial charge in [-0.05, 0) is 69.0 Å². The van der Waals surface area contributed by atoms with Gasteiger partial charge in [0.2, 0.25) is 0 Å². The summed E-state index contributed by atoms with van der Waals surface area (Å²) in [6.07, 6.45) is 1.88. The highest BCUT2D eigenvalue weighted by Gasteiger charge is 2.40. The fourth-order valence-electron chi connectivity index (χ4n) is 7.32. The van der Waals surface area contributed by atoms with Crippen LogP contribution in [0.3, 0.4) is 0 Å². The molecule has 0 fully saturated rings. The number of pyridine rings is 1. The Morgan fingerprint density at radius 1 is 0.560 bits per heavy atom. The van der Waals surface area contributed by atoms with Gasteiger partial charge in [-0.2, -0.15) is 0 Å². The minimum Gasteiger partial charge on any atom is -0.507 e. The number of fused-ring (bicyclic) bond motifs is 1. The summed E-state index contributed by atoms with van der Waals surface area (Å²) in [6, 6.07) is 47.0. The summed E-state index contributed by atoms with van der Waals surface area (Å²) < 4.78 is 2.11. The van der Waals surface area contributed by atoms with E-state index in [0.29, 0.717) is 5.75 Å². The number of hydrogen-bond donors (Lipinski definition) is 1. The Hall–Kier alpha value is -5.48. The lowest BCUT2D eigenvalue weighted by Gasteiger charge is -2.36. The first-order chi connectivity index (χ1) is 23.9. The number of rotatable bonds is 6. The van der Waals surface area contributed by atoms with Crippen LogP contribution < -0.4 is 0 Å². The third-order valence-electron chi connectivity index (χ3n) is 10.0. The maximum atomic E-state index is 11.8. The molecule has 2 aromatic heterocycles. The van der Waals surface area contributed by atoms with E-state index in [4.69, 9.17) is 9.97 Å². The quantitative estimate of drug-likeness (QED) is 0.181. The molecule has 0 aliphatic heterocycles. The van der Waals surface area contributed by atoms with Gasteiger partial charge in [0.15, 0.2) is 0 Å². The SMILES string of the molecule is Cn1c(-c2cc(C(C)(C)C)cc(C(C)(C)C)c2O)nc2c(-c3cccc(C(c4ccccc4)(c4ccccc4)c4ccccn4)c3)cccc21. The lowest BCUT2D eigenvalue weighted by Crippen LogP contribution is -2.32. The average molecular weight is 656 g/mol. The third kappa shape index (κ3) is 5.59. The van der Waals surface area contributed by atoms with Crippen LogP contribution >= 0.6 is 0 Å². The van der Waals surface area contributed by atoms with Crippen LogP contribution in [0.15, 0.2) is 140 Å². The number of phenolic OH excluding ortho intramolecular Hbond substituents is 1. The number of aromatic hydroxyl groups is 1. The first-order valence-electron chi connectivity index (χ1n) is 17.4. The second-order valence-electron chi connectivity index (χ2n) is 15.4. The predicted octanol–water partition coefficient (Wildman–Crippen LogP) is 11.0. The van der Waals surface area contributed by atoms with Gasteiger partial charge < -0.3 is 9.67 Å². The van der Waals surface area contributed by atoms with E-state index in [1.807, 2.05) is 19.3 Å². The van der Waals surface area contributed by atoms with Crippen LogP contribution in [0, 0.1) is 0 Å². The summed E-state index contributed by atoms with van der Waals surface area (Å²) >= 11 is 0. The fourth-order valence-corrected chi connectivity index (χ4v) is 7.32.